The van der Waals surface area contributed by atoms with Gasteiger partial charge in [0.2, 0.25) is 0 Å². The van der Waals surface area contributed by atoms with E-state index < -0.39 is 0 Å². The highest BCUT2D eigenvalue weighted by Gasteiger charge is 2.62. The van der Waals surface area contributed by atoms with E-state index in [4.69, 9.17) is 4.74 Å². The number of amides is 2. The Morgan fingerprint density at radius 3 is 2.83 bits per heavy atom. The maximum absolute atomic E-state index is 12.4. The van der Waals surface area contributed by atoms with Crippen molar-refractivity contribution in [1.82, 2.24) is 4.90 Å². The van der Waals surface area contributed by atoms with Gasteiger partial charge in [-0.3, -0.25) is 0 Å². The summed E-state index contributed by atoms with van der Waals surface area (Å²) in [4.78, 5) is 14.4. The molecular weight excluding hydrogens is 308 g/mol. The number of carbonyl (C=O) groups is 1. The lowest BCUT2D eigenvalue weighted by molar-refractivity contribution is 0.209. The number of rotatable bonds is 6. The Hall–Kier alpha value is -1.20. The van der Waals surface area contributed by atoms with Gasteiger partial charge in [0, 0.05) is 37.4 Å². The Balaban J connectivity index is 1.49. The van der Waals surface area contributed by atoms with E-state index in [-0.39, 0.29) is 6.03 Å². The highest BCUT2D eigenvalue weighted by atomic mass is 32.2. The minimum absolute atomic E-state index is 0.0391. The van der Waals surface area contributed by atoms with Crippen LogP contribution in [0.25, 0.3) is 0 Å². The molecular formula is C18H26N2O2S. The SMILES string of the molecule is COCCSCc1cccc(NC(=O)N2C[C@@H]3[C@H](C2)C3(C)C)c1. The lowest BCUT2D eigenvalue weighted by Crippen LogP contribution is -2.36. The number of hydrogen-bond donors (Lipinski definition) is 1. The normalized spacial score (nSPS) is 24.4. The van der Waals surface area contributed by atoms with Gasteiger partial charge in [0.25, 0.3) is 0 Å². The van der Waals surface area contributed by atoms with Crippen LogP contribution < -0.4 is 5.32 Å². The van der Waals surface area contributed by atoms with E-state index in [1.54, 1.807) is 7.11 Å². The van der Waals surface area contributed by atoms with Crippen LogP contribution in [0.4, 0.5) is 10.5 Å². The number of carbonyl (C=O) groups excluding carboxylic acids is 1. The second-order valence-electron chi connectivity index (χ2n) is 7.12. The first-order valence-corrected chi connectivity index (χ1v) is 9.39. The summed E-state index contributed by atoms with van der Waals surface area (Å²) in [5, 5.41) is 3.05. The van der Waals surface area contributed by atoms with E-state index in [0.717, 1.165) is 36.9 Å². The second-order valence-corrected chi connectivity index (χ2v) is 8.22. The van der Waals surface area contributed by atoms with Gasteiger partial charge in [0.05, 0.1) is 6.61 Å². The lowest BCUT2D eigenvalue weighted by Gasteiger charge is -2.22. The lowest BCUT2D eigenvalue weighted by atomic mass is 10.1. The number of methoxy groups -OCH3 is 1. The number of nitrogens with one attached hydrogen (secondary N) is 1. The number of ether oxygens (including phenoxy) is 1. The Morgan fingerprint density at radius 1 is 1.39 bits per heavy atom. The molecule has 0 unspecified atom stereocenters. The molecule has 1 aromatic rings. The summed E-state index contributed by atoms with van der Waals surface area (Å²) in [5.41, 5.74) is 2.56. The number of benzene rings is 1. The van der Waals surface area contributed by atoms with Crippen LogP contribution in [0.3, 0.4) is 0 Å². The maximum Gasteiger partial charge on any atom is 0.321 e. The van der Waals surface area contributed by atoms with Crippen LogP contribution in [-0.2, 0) is 10.5 Å². The summed E-state index contributed by atoms with van der Waals surface area (Å²) in [6.07, 6.45) is 0. The molecule has 1 saturated heterocycles. The van der Waals surface area contributed by atoms with Crippen LogP contribution in [0.5, 0.6) is 0 Å². The van der Waals surface area contributed by atoms with Crippen molar-refractivity contribution in [3.05, 3.63) is 29.8 Å². The molecule has 3 rings (SSSR count). The van der Waals surface area contributed by atoms with Crippen molar-refractivity contribution in [2.24, 2.45) is 17.3 Å². The highest BCUT2D eigenvalue weighted by molar-refractivity contribution is 7.98. The van der Waals surface area contributed by atoms with Crippen molar-refractivity contribution in [1.29, 1.82) is 0 Å². The number of thioether (sulfide) groups is 1. The van der Waals surface area contributed by atoms with Gasteiger partial charge in [-0.05, 0) is 34.9 Å². The predicted octanol–water partition coefficient (Wildman–Crippen LogP) is 3.69. The Labute approximate surface area is 143 Å². The summed E-state index contributed by atoms with van der Waals surface area (Å²) in [5.74, 6) is 3.31. The number of piperidine rings is 1. The van der Waals surface area contributed by atoms with E-state index in [1.165, 1.54) is 5.56 Å². The molecule has 1 aliphatic heterocycles. The van der Waals surface area contributed by atoms with E-state index in [0.29, 0.717) is 17.3 Å². The van der Waals surface area contributed by atoms with Gasteiger partial charge >= 0.3 is 6.03 Å². The topological polar surface area (TPSA) is 41.6 Å². The first-order valence-electron chi connectivity index (χ1n) is 8.24. The van der Waals surface area contributed by atoms with Crippen LogP contribution >= 0.6 is 11.8 Å². The third kappa shape index (κ3) is 3.66. The van der Waals surface area contributed by atoms with Crippen LogP contribution in [0, 0.1) is 17.3 Å². The van der Waals surface area contributed by atoms with Crippen molar-refractivity contribution < 1.29 is 9.53 Å². The van der Waals surface area contributed by atoms with Gasteiger partial charge in [-0.15, -0.1) is 0 Å². The van der Waals surface area contributed by atoms with E-state index in [2.05, 4.69) is 31.3 Å². The number of nitrogens with zero attached hydrogens (tertiary/aromatic N) is 1. The zero-order chi connectivity index (χ0) is 16.4. The molecule has 2 aliphatic rings. The fraction of sp³-hybridized carbons (Fsp3) is 0.611. The van der Waals surface area contributed by atoms with Gasteiger partial charge in [-0.25, -0.2) is 4.79 Å². The molecule has 0 spiro atoms. The predicted molar refractivity (Wildman–Crippen MR) is 95.8 cm³/mol. The quantitative estimate of drug-likeness (QED) is 0.807. The smallest absolute Gasteiger partial charge is 0.321 e. The molecule has 2 fully saturated rings. The fourth-order valence-electron chi connectivity index (χ4n) is 3.57. The molecule has 0 aromatic heterocycles. The molecule has 1 aromatic carbocycles. The van der Waals surface area contributed by atoms with Gasteiger partial charge < -0.3 is 15.0 Å². The number of anilines is 1. The Kier molecular flexibility index (Phi) is 4.87. The Bertz CT molecular complexity index is 562. The largest absolute Gasteiger partial charge is 0.384 e. The average molecular weight is 334 g/mol. The second kappa shape index (κ2) is 6.73. The van der Waals surface area contributed by atoms with Crippen molar-refractivity contribution in [3.63, 3.8) is 0 Å². The highest BCUT2D eigenvalue weighted by Crippen LogP contribution is 2.61. The summed E-state index contributed by atoms with van der Waals surface area (Å²) >= 11 is 1.84. The van der Waals surface area contributed by atoms with Gasteiger partial charge in [-0.2, -0.15) is 11.8 Å². The van der Waals surface area contributed by atoms with Crippen LogP contribution in [0.15, 0.2) is 24.3 Å². The van der Waals surface area contributed by atoms with E-state index in [9.17, 15) is 4.79 Å². The van der Waals surface area contributed by atoms with Crippen LogP contribution in [0.2, 0.25) is 0 Å². The van der Waals surface area contributed by atoms with Crippen molar-refractivity contribution in [2.75, 3.05) is 37.9 Å². The molecule has 5 heteroatoms. The summed E-state index contributed by atoms with van der Waals surface area (Å²) in [7, 11) is 1.72. The number of fused-ring (bicyclic) bond motifs is 1. The molecule has 1 heterocycles. The van der Waals surface area contributed by atoms with Gasteiger partial charge in [-0.1, -0.05) is 26.0 Å². The van der Waals surface area contributed by atoms with Crippen LogP contribution in [0.1, 0.15) is 19.4 Å². The molecule has 1 aliphatic carbocycles. The van der Waals surface area contributed by atoms with Crippen molar-refractivity contribution >= 4 is 23.5 Å². The Morgan fingerprint density at radius 2 is 2.13 bits per heavy atom. The minimum Gasteiger partial charge on any atom is -0.384 e. The molecule has 126 valence electrons. The van der Waals surface area contributed by atoms with Crippen molar-refractivity contribution in [2.45, 2.75) is 19.6 Å². The third-order valence-electron chi connectivity index (χ3n) is 5.29. The van der Waals surface area contributed by atoms with Gasteiger partial charge in [0.1, 0.15) is 0 Å². The molecule has 0 radical (unpaired) electrons. The maximum atomic E-state index is 12.4. The third-order valence-corrected chi connectivity index (χ3v) is 6.28. The zero-order valence-corrected chi connectivity index (χ0v) is 15.0. The molecule has 0 bridgehead atoms. The number of urea groups is 1. The molecule has 2 atom stereocenters. The van der Waals surface area contributed by atoms with Gasteiger partial charge in [0.15, 0.2) is 0 Å². The molecule has 23 heavy (non-hydrogen) atoms. The van der Waals surface area contributed by atoms with E-state index in [1.807, 2.05) is 28.8 Å². The zero-order valence-electron chi connectivity index (χ0n) is 14.2. The summed E-state index contributed by atoms with van der Waals surface area (Å²) in [6, 6.07) is 8.17. The molecule has 2 amide bonds. The first-order chi connectivity index (χ1) is 11.0. The standard InChI is InChI=1S/C18H26N2O2S/c1-18(2)15-10-20(11-16(15)18)17(21)19-14-6-4-5-13(9-14)12-23-8-7-22-3/h4-6,9,15-16H,7-8,10-12H2,1-3H3,(H,19,21)/t15-,16+. The molecule has 4 nitrogen and oxygen atoms in total. The monoisotopic (exact) mass is 334 g/mol. The first kappa shape index (κ1) is 16.7. The minimum atomic E-state index is 0.0391. The summed E-state index contributed by atoms with van der Waals surface area (Å²) in [6.45, 7) is 7.19. The molecule has 1 saturated carbocycles. The van der Waals surface area contributed by atoms with E-state index >= 15 is 0 Å². The fourth-order valence-corrected chi connectivity index (χ4v) is 4.42. The van der Waals surface area contributed by atoms with Crippen molar-refractivity contribution in [3.8, 4) is 0 Å². The summed E-state index contributed by atoms with van der Waals surface area (Å²) < 4.78 is 5.06. The number of hydrogen-bond acceptors (Lipinski definition) is 3. The average Bonchev–Trinajstić information content (AvgIpc) is 2.91. The van der Waals surface area contributed by atoms with Crippen LogP contribution in [-0.4, -0.2) is 43.5 Å². The number of likely N-dealkylation sites (tertiary alicyclic amines) is 1. The molecule has 1 N–H and O–H groups in total.